The van der Waals surface area contributed by atoms with Gasteiger partial charge in [-0.2, -0.15) is 0 Å². The highest BCUT2D eigenvalue weighted by Crippen LogP contribution is 2.37. The van der Waals surface area contributed by atoms with Crippen LogP contribution in [0, 0.1) is 26.2 Å². The van der Waals surface area contributed by atoms with Gasteiger partial charge in [-0.05, 0) is 69.8 Å². The Morgan fingerprint density at radius 1 is 1.14 bits per heavy atom. The molecule has 1 aromatic rings. The molecule has 1 saturated heterocycles. The highest BCUT2D eigenvalue weighted by Gasteiger charge is 2.52. The summed E-state index contributed by atoms with van der Waals surface area (Å²) in [7, 11) is -0.409. The van der Waals surface area contributed by atoms with E-state index in [0.29, 0.717) is 6.54 Å². The van der Waals surface area contributed by atoms with E-state index in [-0.39, 0.29) is 11.2 Å². The fourth-order valence-corrected chi connectivity index (χ4v) is 2.67. The van der Waals surface area contributed by atoms with Crippen LogP contribution in [0.1, 0.15) is 49.9 Å². The van der Waals surface area contributed by atoms with Crippen LogP contribution in [0.5, 0.6) is 0 Å². The Morgan fingerprint density at radius 2 is 1.67 bits per heavy atom. The Labute approximate surface area is 128 Å². The van der Waals surface area contributed by atoms with Crippen LogP contribution in [0.4, 0.5) is 0 Å². The van der Waals surface area contributed by atoms with Crippen molar-refractivity contribution in [1.82, 2.24) is 0 Å². The topological polar surface area (TPSA) is 44.5 Å². The molecule has 21 heavy (non-hydrogen) atoms. The summed E-state index contributed by atoms with van der Waals surface area (Å²) in [6.07, 6.45) is 5.63. The van der Waals surface area contributed by atoms with Crippen molar-refractivity contribution < 1.29 is 9.31 Å². The second-order valence-electron chi connectivity index (χ2n) is 6.68. The average Bonchev–Trinajstić information content (AvgIpc) is 2.58. The average molecular weight is 285 g/mol. The minimum absolute atomic E-state index is 0.369. The molecule has 2 rings (SSSR count). The van der Waals surface area contributed by atoms with Gasteiger partial charge in [-0.15, -0.1) is 6.42 Å². The first kappa shape index (κ1) is 16.1. The molecule has 0 aliphatic carbocycles. The van der Waals surface area contributed by atoms with Gasteiger partial charge in [0.15, 0.2) is 0 Å². The van der Waals surface area contributed by atoms with Gasteiger partial charge in [0.2, 0.25) is 0 Å². The lowest BCUT2D eigenvalue weighted by Gasteiger charge is -2.32. The van der Waals surface area contributed by atoms with Crippen LogP contribution < -0.4 is 11.2 Å². The van der Waals surface area contributed by atoms with Crippen LogP contribution in [0.25, 0.3) is 0 Å². The third-order valence-electron chi connectivity index (χ3n) is 4.88. The molecule has 2 N–H and O–H groups in total. The molecule has 0 spiro atoms. The van der Waals surface area contributed by atoms with E-state index in [1.807, 2.05) is 40.7 Å². The van der Waals surface area contributed by atoms with E-state index in [1.54, 1.807) is 0 Å². The van der Waals surface area contributed by atoms with Crippen molar-refractivity contribution >= 4 is 12.6 Å². The molecule has 0 bridgehead atoms. The zero-order valence-corrected chi connectivity index (χ0v) is 13.8. The predicted octanol–water partition coefficient (Wildman–Crippen LogP) is 2.04. The highest BCUT2D eigenvalue weighted by molar-refractivity contribution is 6.63. The van der Waals surface area contributed by atoms with Gasteiger partial charge < -0.3 is 15.0 Å². The number of rotatable bonds is 2. The second-order valence-corrected chi connectivity index (χ2v) is 6.68. The van der Waals surface area contributed by atoms with Crippen LogP contribution in [-0.4, -0.2) is 18.3 Å². The molecule has 0 radical (unpaired) electrons. The summed E-state index contributed by atoms with van der Waals surface area (Å²) in [6.45, 7) is 12.7. The summed E-state index contributed by atoms with van der Waals surface area (Å²) in [6, 6.07) is 1.99. The lowest BCUT2D eigenvalue weighted by atomic mass is 9.71. The first-order valence-corrected chi connectivity index (χ1v) is 7.30. The summed E-state index contributed by atoms with van der Waals surface area (Å²) in [5.74, 6) is 2.74. The normalized spacial score (nSPS) is 19.6. The number of hydrogen-bond donors (Lipinski definition) is 1. The molecular formula is C17H24BNO2. The van der Waals surface area contributed by atoms with Gasteiger partial charge in [0.25, 0.3) is 0 Å². The van der Waals surface area contributed by atoms with E-state index < -0.39 is 7.12 Å². The molecule has 0 saturated carbocycles. The standard InChI is InChI=1S/C17H24BNO2/c1-8-13-9-14(10-19)12(3)15(11(13)2)18-20-16(4,5)17(6,7)21-18/h1,9H,10,19H2,2-7H3. The molecule has 1 heterocycles. The van der Waals surface area contributed by atoms with Crippen molar-refractivity contribution in [2.45, 2.75) is 59.3 Å². The lowest BCUT2D eigenvalue weighted by Crippen LogP contribution is -2.41. The Balaban J connectivity index is 2.58. The summed E-state index contributed by atoms with van der Waals surface area (Å²) < 4.78 is 12.4. The Morgan fingerprint density at radius 3 is 2.10 bits per heavy atom. The van der Waals surface area contributed by atoms with Crippen LogP contribution in [0.2, 0.25) is 0 Å². The lowest BCUT2D eigenvalue weighted by molar-refractivity contribution is 0.00578. The van der Waals surface area contributed by atoms with Gasteiger partial charge in [0.1, 0.15) is 0 Å². The van der Waals surface area contributed by atoms with Gasteiger partial charge in [-0.25, -0.2) is 0 Å². The van der Waals surface area contributed by atoms with Gasteiger partial charge in [0.05, 0.1) is 11.2 Å². The summed E-state index contributed by atoms with van der Waals surface area (Å²) in [4.78, 5) is 0. The molecule has 3 nitrogen and oxygen atoms in total. The first-order chi connectivity index (χ1) is 9.64. The van der Waals surface area contributed by atoms with E-state index in [4.69, 9.17) is 21.5 Å². The molecule has 0 amide bonds. The summed E-state index contributed by atoms with van der Waals surface area (Å²) in [5.41, 5.74) is 10.2. The molecule has 0 aromatic heterocycles. The Hall–Kier alpha value is -1.28. The molecule has 4 heteroatoms. The number of hydrogen-bond acceptors (Lipinski definition) is 3. The van der Waals surface area contributed by atoms with Crippen molar-refractivity contribution in [3.05, 3.63) is 28.3 Å². The van der Waals surface area contributed by atoms with E-state index in [2.05, 4.69) is 12.8 Å². The fourth-order valence-electron chi connectivity index (χ4n) is 2.67. The summed E-state index contributed by atoms with van der Waals surface area (Å²) in [5, 5.41) is 0. The van der Waals surface area contributed by atoms with Gasteiger partial charge >= 0.3 is 7.12 Å². The molecular weight excluding hydrogens is 261 g/mol. The molecule has 0 atom stereocenters. The maximum Gasteiger partial charge on any atom is 0.495 e. The zero-order chi connectivity index (χ0) is 16.0. The van der Waals surface area contributed by atoms with Gasteiger partial charge in [-0.3, -0.25) is 0 Å². The van der Waals surface area contributed by atoms with E-state index in [0.717, 1.165) is 27.7 Å². The highest BCUT2D eigenvalue weighted by atomic mass is 16.7. The minimum Gasteiger partial charge on any atom is -0.399 e. The molecule has 112 valence electrons. The van der Waals surface area contributed by atoms with Gasteiger partial charge in [-0.1, -0.05) is 5.92 Å². The quantitative estimate of drug-likeness (QED) is 0.668. The van der Waals surface area contributed by atoms with E-state index in [1.165, 1.54) is 0 Å². The Kier molecular flexibility index (Phi) is 3.97. The maximum absolute atomic E-state index is 6.18. The number of terminal acetylenes is 1. The number of benzene rings is 1. The monoisotopic (exact) mass is 285 g/mol. The first-order valence-electron chi connectivity index (χ1n) is 7.30. The van der Waals surface area contributed by atoms with Crippen molar-refractivity contribution in [3.8, 4) is 12.3 Å². The SMILES string of the molecule is C#Cc1cc(CN)c(C)c(B2OC(C)(C)C(C)(C)O2)c1C. The third-order valence-corrected chi connectivity index (χ3v) is 4.88. The molecule has 1 aromatic carbocycles. The maximum atomic E-state index is 6.18. The molecule has 1 aliphatic rings. The minimum atomic E-state index is -0.409. The second kappa shape index (κ2) is 5.17. The largest absolute Gasteiger partial charge is 0.495 e. The fraction of sp³-hybridized carbons (Fsp3) is 0.529. The van der Waals surface area contributed by atoms with Gasteiger partial charge in [0, 0.05) is 12.1 Å². The van der Waals surface area contributed by atoms with E-state index >= 15 is 0 Å². The van der Waals surface area contributed by atoms with E-state index in [9.17, 15) is 0 Å². The smallest absolute Gasteiger partial charge is 0.399 e. The van der Waals surface area contributed by atoms with Crippen molar-refractivity contribution in [1.29, 1.82) is 0 Å². The third kappa shape index (κ3) is 2.51. The predicted molar refractivity (Wildman–Crippen MR) is 87.5 cm³/mol. The molecule has 1 aliphatic heterocycles. The summed E-state index contributed by atoms with van der Waals surface area (Å²) >= 11 is 0. The van der Waals surface area contributed by atoms with Crippen molar-refractivity contribution in [2.75, 3.05) is 0 Å². The van der Waals surface area contributed by atoms with Crippen LogP contribution >= 0.6 is 0 Å². The van der Waals surface area contributed by atoms with Crippen molar-refractivity contribution in [3.63, 3.8) is 0 Å². The van der Waals surface area contributed by atoms with Crippen LogP contribution in [0.15, 0.2) is 6.07 Å². The Bertz CT molecular complexity index is 598. The molecule has 0 unspecified atom stereocenters. The van der Waals surface area contributed by atoms with Crippen LogP contribution in [-0.2, 0) is 15.9 Å². The zero-order valence-electron chi connectivity index (χ0n) is 13.8. The van der Waals surface area contributed by atoms with Crippen molar-refractivity contribution in [2.24, 2.45) is 5.73 Å². The van der Waals surface area contributed by atoms with Crippen LogP contribution in [0.3, 0.4) is 0 Å². The molecule has 1 fully saturated rings. The number of nitrogens with two attached hydrogens (primary N) is 1.